The van der Waals surface area contributed by atoms with Crippen LogP contribution in [0.15, 0.2) is 60.8 Å². The molecule has 3 aromatic rings. The van der Waals surface area contributed by atoms with Crippen LogP contribution < -0.4 is 10.5 Å². The second kappa shape index (κ2) is 7.81. The summed E-state index contributed by atoms with van der Waals surface area (Å²) in [5.74, 6) is 0.842. The van der Waals surface area contributed by atoms with Crippen LogP contribution in [0.2, 0.25) is 0 Å². The second-order valence-corrected chi connectivity index (χ2v) is 5.10. The van der Waals surface area contributed by atoms with Crippen molar-refractivity contribution in [3.05, 3.63) is 72.1 Å². The monoisotopic (exact) mass is 329 g/mol. The number of aromatic nitrogens is 2. The molecule has 2 aromatic carbocycles. The maximum Gasteiger partial charge on any atom is 0.127 e. The quantitative estimate of drug-likeness (QED) is 0.779. The molecular formula is C18H20ClN3O. The van der Waals surface area contributed by atoms with Gasteiger partial charge in [0, 0.05) is 24.7 Å². The van der Waals surface area contributed by atoms with Gasteiger partial charge in [-0.3, -0.25) is 4.68 Å². The van der Waals surface area contributed by atoms with Gasteiger partial charge in [0.15, 0.2) is 0 Å². The molecule has 5 heteroatoms. The predicted octanol–water partition coefficient (Wildman–Crippen LogP) is 3.55. The van der Waals surface area contributed by atoms with Crippen molar-refractivity contribution in [3.8, 4) is 16.9 Å². The van der Waals surface area contributed by atoms with Crippen molar-refractivity contribution in [2.75, 3.05) is 0 Å². The lowest BCUT2D eigenvalue weighted by Gasteiger charge is -2.12. The van der Waals surface area contributed by atoms with Crippen molar-refractivity contribution in [2.45, 2.75) is 13.2 Å². The van der Waals surface area contributed by atoms with Gasteiger partial charge in [0.05, 0.1) is 11.9 Å². The average molecular weight is 330 g/mol. The summed E-state index contributed by atoms with van der Waals surface area (Å²) in [5.41, 5.74) is 10.0. The molecule has 0 saturated heterocycles. The fourth-order valence-electron chi connectivity index (χ4n) is 2.48. The zero-order valence-electron chi connectivity index (χ0n) is 13.0. The second-order valence-electron chi connectivity index (χ2n) is 5.10. The molecule has 0 radical (unpaired) electrons. The van der Waals surface area contributed by atoms with Gasteiger partial charge in [0.25, 0.3) is 0 Å². The molecule has 3 rings (SSSR count). The Labute approximate surface area is 142 Å². The SMILES string of the molecule is Cl.Cn1ncc(-c2ccccc2OCc2ccccc2)c1CN. The number of nitrogens with zero attached hydrogens (tertiary/aromatic N) is 2. The van der Waals surface area contributed by atoms with E-state index in [1.54, 1.807) is 0 Å². The van der Waals surface area contributed by atoms with Crippen molar-refractivity contribution >= 4 is 12.4 Å². The van der Waals surface area contributed by atoms with Crippen LogP contribution in [0.25, 0.3) is 11.1 Å². The fourth-order valence-corrected chi connectivity index (χ4v) is 2.48. The van der Waals surface area contributed by atoms with Crippen molar-refractivity contribution in [2.24, 2.45) is 12.8 Å². The zero-order chi connectivity index (χ0) is 15.4. The first-order valence-electron chi connectivity index (χ1n) is 7.26. The minimum absolute atomic E-state index is 0. The summed E-state index contributed by atoms with van der Waals surface area (Å²) in [6.07, 6.45) is 1.84. The van der Waals surface area contributed by atoms with E-state index >= 15 is 0 Å². The number of benzene rings is 2. The third-order valence-electron chi connectivity index (χ3n) is 3.67. The largest absolute Gasteiger partial charge is 0.488 e. The molecule has 120 valence electrons. The van der Waals surface area contributed by atoms with Crippen molar-refractivity contribution in [1.82, 2.24) is 9.78 Å². The Morgan fingerprint density at radius 2 is 1.70 bits per heavy atom. The summed E-state index contributed by atoms with van der Waals surface area (Å²) in [6, 6.07) is 18.1. The van der Waals surface area contributed by atoms with Crippen LogP contribution >= 0.6 is 12.4 Å². The van der Waals surface area contributed by atoms with Crippen LogP contribution in [0.4, 0.5) is 0 Å². The Morgan fingerprint density at radius 3 is 2.43 bits per heavy atom. The first kappa shape index (κ1) is 17.1. The van der Waals surface area contributed by atoms with Gasteiger partial charge in [-0.25, -0.2) is 0 Å². The van der Waals surface area contributed by atoms with Gasteiger partial charge in [-0.05, 0) is 11.6 Å². The molecule has 23 heavy (non-hydrogen) atoms. The topological polar surface area (TPSA) is 53.1 Å². The molecule has 0 aliphatic carbocycles. The van der Waals surface area contributed by atoms with Gasteiger partial charge < -0.3 is 10.5 Å². The molecule has 0 fully saturated rings. The molecule has 0 bridgehead atoms. The number of hydrogen-bond acceptors (Lipinski definition) is 3. The summed E-state index contributed by atoms with van der Waals surface area (Å²) in [5, 5.41) is 4.30. The first-order valence-corrected chi connectivity index (χ1v) is 7.26. The van der Waals surface area contributed by atoms with Gasteiger partial charge in [-0.2, -0.15) is 5.10 Å². The molecule has 0 aliphatic heterocycles. The van der Waals surface area contributed by atoms with E-state index in [9.17, 15) is 0 Å². The highest BCUT2D eigenvalue weighted by Gasteiger charge is 2.13. The molecule has 0 amide bonds. The molecule has 1 aromatic heterocycles. The molecule has 0 unspecified atom stereocenters. The van der Waals surface area contributed by atoms with E-state index in [0.717, 1.165) is 28.1 Å². The van der Waals surface area contributed by atoms with E-state index in [0.29, 0.717) is 13.2 Å². The Morgan fingerprint density at radius 1 is 1.00 bits per heavy atom. The third-order valence-corrected chi connectivity index (χ3v) is 3.67. The Balaban J connectivity index is 0.00000192. The maximum atomic E-state index is 6.01. The lowest BCUT2D eigenvalue weighted by molar-refractivity contribution is 0.307. The van der Waals surface area contributed by atoms with E-state index in [4.69, 9.17) is 10.5 Å². The summed E-state index contributed by atoms with van der Waals surface area (Å²) in [7, 11) is 1.90. The Bertz CT molecular complexity index is 756. The summed E-state index contributed by atoms with van der Waals surface area (Å²) in [6.45, 7) is 0.981. The molecular weight excluding hydrogens is 310 g/mol. The van der Waals surface area contributed by atoms with Gasteiger partial charge in [-0.15, -0.1) is 12.4 Å². The van der Waals surface area contributed by atoms with Gasteiger partial charge >= 0.3 is 0 Å². The van der Waals surface area contributed by atoms with E-state index in [-0.39, 0.29) is 12.4 Å². The Hall–Kier alpha value is -2.30. The fraction of sp³-hybridized carbons (Fsp3) is 0.167. The van der Waals surface area contributed by atoms with Gasteiger partial charge in [0.1, 0.15) is 12.4 Å². The van der Waals surface area contributed by atoms with E-state index in [2.05, 4.69) is 17.2 Å². The van der Waals surface area contributed by atoms with E-state index in [1.165, 1.54) is 0 Å². The minimum Gasteiger partial charge on any atom is -0.488 e. The molecule has 2 N–H and O–H groups in total. The average Bonchev–Trinajstić information content (AvgIpc) is 2.94. The molecule has 4 nitrogen and oxygen atoms in total. The van der Waals surface area contributed by atoms with E-state index in [1.807, 2.05) is 60.4 Å². The van der Waals surface area contributed by atoms with E-state index < -0.39 is 0 Å². The number of rotatable bonds is 5. The van der Waals surface area contributed by atoms with Crippen molar-refractivity contribution in [1.29, 1.82) is 0 Å². The van der Waals surface area contributed by atoms with Crippen molar-refractivity contribution < 1.29 is 4.74 Å². The predicted molar refractivity (Wildman–Crippen MR) is 94.6 cm³/mol. The highest BCUT2D eigenvalue weighted by atomic mass is 35.5. The van der Waals surface area contributed by atoms with Crippen LogP contribution in [0.3, 0.4) is 0 Å². The number of hydrogen-bond donors (Lipinski definition) is 1. The van der Waals surface area contributed by atoms with Gasteiger partial charge in [0.2, 0.25) is 0 Å². The smallest absolute Gasteiger partial charge is 0.127 e. The highest BCUT2D eigenvalue weighted by Crippen LogP contribution is 2.32. The van der Waals surface area contributed by atoms with Crippen LogP contribution in [0.5, 0.6) is 5.75 Å². The number of ether oxygens (including phenoxy) is 1. The molecule has 0 atom stereocenters. The minimum atomic E-state index is 0. The summed E-state index contributed by atoms with van der Waals surface area (Å²) < 4.78 is 7.82. The molecule has 0 aliphatic rings. The molecule has 1 heterocycles. The van der Waals surface area contributed by atoms with Crippen molar-refractivity contribution in [3.63, 3.8) is 0 Å². The lowest BCUT2D eigenvalue weighted by atomic mass is 10.1. The third kappa shape index (κ3) is 3.73. The molecule has 0 spiro atoms. The van der Waals surface area contributed by atoms with Crippen LogP contribution in [0, 0.1) is 0 Å². The lowest BCUT2D eigenvalue weighted by Crippen LogP contribution is -2.06. The van der Waals surface area contributed by atoms with Crippen LogP contribution in [0.1, 0.15) is 11.3 Å². The van der Waals surface area contributed by atoms with Gasteiger partial charge in [-0.1, -0.05) is 48.5 Å². The number of nitrogens with two attached hydrogens (primary N) is 1. The number of para-hydroxylation sites is 1. The maximum absolute atomic E-state index is 6.01. The van der Waals surface area contributed by atoms with Crippen LogP contribution in [-0.4, -0.2) is 9.78 Å². The first-order chi connectivity index (χ1) is 10.8. The Kier molecular flexibility index (Phi) is 5.79. The summed E-state index contributed by atoms with van der Waals surface area (Å²) >= 11 is 0. The van der Waals surface area contributed by atoms with Crippen LogP contribution in [-0.2, 0) is 20.2 Å². The zero-order valence-corrected chi connectivity index (χ0v) is 13.8. The number of halogens is 1. The normalized spacial score (nSPS) is 10.2. The summed E-state index contributed by atoms with van der Waals surface area (Å²) in [4.78, 5) is 0. The molecule has 0 saturated carbocycles. The standard InChI is InChI=1S/C18H19N3O.ClH/c1-21-17(11-19)16(12-20-21)15-9-5-6-10-18(15)22-13-14-7-3-2-4-8-14;/h2-10,12H,11,13,19H2,1H3;1H. The highest BCUT2D eigenvalue weighted by molar-refractivity contribution is 5.85. The number of aryl methyl sites for hydroxylation is 1.